The van der Waals surface area contributed by atoms with Crippen LogP contribution in [0.25, 0.3) is 0 Å². The topological polar surface area (TPSA) is 60.4 Å². The third kappa shape index (κ3) is 5.45. The molecule has 0 saturated carbocycles. The fourth-order valence-corrected chi connectivity index (χ4v) is 7.46. The van der Waals surface area contributed by atoms with Gasteiger partial charge in [0.15, 0.2) is 0 Å². The van der Waals surface area contributed by atoms with Crippen LogP contribution in [0, 0.1) is 0 Å². The molecule has 1 fully saturated rings. The van der Waals surface area contributed by atoms with Crippen LogP contribution >= 0.6 is 10.3 Å². The van der Waals surface area contributed by atoms with Crippen molar-refractivity contribution in [2.45, 2.75) is 51.0 Å². The number of ketones is 1. The first kappa shape index (κ1) is 18.8. The molecule has 0 N–H and O–H groups in total. The van der Waals surface area contributed by atoms with Gasteiger partial charge in [-0.3, -0.25) is 4.79 Å². The molecule has 21 heavy (non-hydrogen) atoms. The van der Waals surface area contributed by atoms with E-state index in [4.69, 9.17) is 0 Å². The molecule has 1 heterocycles. The first-order valence-corrected chi connectivity index (χ1v) is 10.4. The predicted molar refractivity (Wildman–Crippen MR) is 76.6 cm³/mol. The van der Waals surface area contributed by atoms with E-state index in [0.717, 1.165) is 12.8 Å². The van der Waals surface area contributed by atoms with E-state index in [0.29, 0.717) is 19.3 Å². The molecule has 0 unspecified atom stereocenters. The summed E-state index contributed by atoms with van der Waals surface area (Å²) in [6.45, 7) is 1.90. The summed E-state index contributed by atoms with van der Waals surface area (Å²) in [5.74, 6) is 0.119. The third-order valence-electron chi connectivity index (χ3n) is 3.28. The van der Waals surface area contributed by atoms with E-state index < -0.39 is 25.9 Å². The van der Waals surface area contributed by atoms with Crippen molar-refractivity contribution in [3.05, 3.63) is 0 Å². The van der Waals surface area contributed by atoms with Crippen LogP contribution in [0.4, 0.5) is 13.2 Å². The van der Waals surface area contributed by atoms with Crippen molar-refractivity contribution >= 4 is 26.2 Å². The van der Waals surface area contributed by atoms with Gasteiger partial charge in [0, 0.05) is 17.9 Å². The van der Waals surface area contributed by atoms with Gasteiger partial charge < -0.3 is 0 Å². The summed E-state index contributed by atoms with van der Waals surface area (Å²) < 4.78 is 64.7. The molecule has 1 rings (SSSR count). The molecule has 1 aliphatic heterocycles. The van der Waals surface area contributed by atoms with Gasteiger partial charge >= 0.3 is 15.6 Å². The SMILES string of the molecule is CCCCC(=O)CS1(OS(=O)(=O)C(F)(F)F)CCCCC1. The monoisotopic (exact) mass is 350 g/mol. The van der Waals surface area contributed by atoms with Crippen molar-refractivity contribution in [2.75, 3.05) is 17.3 Å². The maximum Gasteiger partial charge on any atom is 0.523 e. The Bertz CT molecular complexity index is 454. The number of carbonyl (C=O) groups is 1. The predicted octanol–water partition coefficient (Wildman–Crippen LogP) is 3.52. The maximum atomic E-state index is 12.5. The van der Waals surface area contributed by atoms with E-state index in [-0.39, 0.29) is 29.5 Å². The molecule has 4 nitrogen and oxygen atoms in total. The Morgan fingerprint density at radius 3 is 2.24 bits per heavy atom. The molecule has 0 atom stereocenters. The van der Waals surface area contributed by atoms with Crippen molar-refractivity contribution in [2.24, 2.45) is 0 Å². The van der Waals surface area contributed by atoms with Crippen LogP contribution in [0.1, 0.15) is 45.4 Å². The minimum atomic E-state index is -5.64. The van der Waals surface area contributed by atoms with E-state index >= 15 is 0 Å². The molecule has 0 aromatic heterocycles. The number of halogens is 3. The van der Waals surface area contributed by atoms with Crippen molar-refractivity contribution in [1.29, 1.82) is 0 Å². The third-order valence-corrected chi connectivity index (χ3v) is 8.64. The Morgan fingerprint density at radius 1 is 1.19 bits per heavy atom. The first-order chi connectivity index (χ1) is 9.62. The minimum absolute atomic E-state index is 0.178. The zero-order chi connectivity index (χ0) is 16.1. The van der Waals surface area contributed by atoms with Crippen LogP contribution in [-0.4, -0.2) is 37.0 Å². The molecule has 0 radical (unpaired) electrons. The van der Waals surface area contributed by atoms with Crippen LogP contribution in [0.5, 0.6) is 0 Å². The standard InChI is InChI=1S/C12H21F3O4S2/c1-2-3-7-11(16)10-20(8-5-4-6-9-20)19-21(17,18)12(13,14)15/h2-10H2,1H3. The number of hydrogen-bond acceptors (Lipinski definition) is 4. The maximum absolute atomic E-state index is 12.5. The molecule has 1 saturated heterocycles. The lowest BCUT2D eigenvalue weighted by atomic mass is 10.2. The molecule has 1 aliphatic rings. The zero-order valence-corrected chi connectivity index (χ0v) is 13.6. The Kier molecular flexibility index (Phi) is 6.54. The average Bonchev–Trinajstić information content (AvgIpc) is 2.35. The summed E-state index contributed by atoms with van der Waals surface area (Å²) >= 11 is 0. The van der Waals surface area contributed by atoms with Gasteiger partial charge in [0.05, 0.1) is 5.75 Å². The highest BCUT2D eigenvalue weighted by Gasteiger charge is 2.51. The number of rotatable bonds is 7. The second kappa shape index (κ2) is 7.32. The molecule has 0 aromatic carbocycles. The summed E-state index contributed by atoms with van der Waals surface area (Å²) in [5.41, 5.74) is -5.43. The van der Waals surface area contributed by atoms with Gasteiger partial charge in [-0.2, -0.15) is 21.6 Å². The molecule has 0 bridgehead atoms. The quantitative estimate of drug-likeness (QED) is 0.659. The summed E-state index contributed by atoms with van der Waals surface area (Å²) in [4.78, 5) is 11.9. The molecule has 126 valence electrons. The van der Waals surface area contributed by atoms with Crippen LogP contribution in [-0.2, 0) is 18.5 Å². The highest BCUT2D eigenvalue weighted by atomic mass is 32.3. The second-order valence-electron chi connectivity index (χ2n) is 5.19. The minimum Gasteiger partial charge on any atom is -0.299 e. The van der Waals surface area contributed by atoms with E-state index in [1.165, 1.54) is 0 Å². The van der Waals surface area contributed by atoms with Crippen molar-refractivity contribution in [3.63, 3.8) is 0 Å². The van der Waals surface area contributed by atoms with Gasteiger partial charge in [0.1, 0.15) is 5.78 Å². The van der Waals surface area contributed by atoms with Gasteiger partial charge in [-0.05, 0) is 19.3 Å². The first-order valence-electron chi connectivity index (χ1n) is 6.92. The van der Waals surface area contributed by atoms with Gasteiger partial charge in [0.25, 0.3) is 0 Å². The van der Waals surface area contributed by atoms with Gasteiger partial charge in [-0.1, -0.05) is 19.8 Å². The molecule has 0 aromatic rings. The number of Topliss-reactive ketones (excluding diaryl/α,β-unsaturated/α-hetero) is 1. The molecule has 9 heteroatoms. The zero-order valence-electron chi connectivity index (χ0n) is 11.9. The Hall–Kier alpha value is -0.280. The van der Waals surface area contributed by atoms with Crippen molar-refractivity contribution in [3.8, 4) is 0 Å². The number of hydrogen-bond donors (Lipinski definition) is 0. The second-order valence-corrected chi connectivity index (χ2v) is 10.1. The highest BCUT2D eigenvalue weighted by molar-refractivity contribution is 8.33. The number of carbonyl (C=O) groups excluding carboxylic acids is 1. The number of alkyl halides is 3. The van der Waals surface area contributed by atoms with E-state index in [1.807, 2.05) is 6.92 Å². The Labute approximate surface area is 125 Å². The molecular weight excluding hydrogens is 329 g/mol. The van der Waals surface area contributed by atoms with Gasteiger partial charge in [0.2, 0.25) is 0 Å². The summed E-state index contributed by atoms with van der Waals surface area (Å²) in [6, 6.07) is 0. The number of unbranched alkanes of at least 4 members (excludes halogenated alkanes) is 1. The van der Waals surface area contributed by atoms with Crippen LogP contribution in [0.15, 0.2) is 0 Å². The molecular formula is C12H21F3O4S2. The Balaban J connectivity index is 2.87. The summed E-state index contributed by atoms with van der Waals surface area (Å²) in [6.07, 6.45) is 3.75. The molecule has 0 spiro atoms. The van der Waals surface area contributed by atoms with E-state index in [2.05, 4.69) is 3.63 Å². The summed E-state index contributed by atoms with van der Waals surface area (Å²) in [5, 5.41) is 0. The van der Waals surface area contributed by atoms with Crippen LogP contribution in [0.3, 0.4) is 0 Å². The smallest absolute Gasteiger partial charge is 0.299 e. The normalized spacial score (nSPS) is 21.0. The lowest BCUT2D eigenvalue weighted by Crippen LogP contribution is -2.32. The van der Waals surface area contributed by atoms with Crippen LogP contribution < -0.4 is 0 Å². The van der Waals surface area contributed by atoms with Gasteiger partial charge in [-0.15, -0.1) is 10.3 Å². The Morgan fingerprint density at radius 2 is 1.76 bits per heavy atom. The largest absolute Gasteiger partial charge is 0.523 e. The van der Waals surface area contributed by atoms with E-state index in [9.17, 15) is 26.4 Å². The lowest BCUT2D eigenvalue weighted by Gasteiger charge is -2.40. The van der Waals surface area contributed by atoms with Gasteiger partial charge in [-0.25, -0.2) is 3.63 Å². The molecule has 0 aliphatic carbocycles. The van der Waals surface area contributed by atoms with Crippen molar-refractivity contribution < 1.29 is 30.0 Å². The fraction of sp³-hybridized carbons (Fsp3) is 0.917. The highest BCUT2D eigenvalue weighted by Crippen LogP contribution is 2.56. The summed E-state index contributed by atoms with van der Waals surface area (Å²) in [7, 11) is -8.16. The average molecular weight is 350 g/mol. The fourth-order valence-electron chi connectivity index (χ4n) is 2.21. The molecule has 0 amide bonds. The van der Waals surface area contributed by atoms with Crippen molar-refractivity contribution in [1.82, 2.24) is 0 Å². The van der Waals surface area contributed by atoms with Crippen LogP contribution in [0.2, 0.25) is 0 Å². The lowest BCUT2D eigenvalue weighted by molar-refractivity contribution is -0.116. The van der Waals surface area contributed by atoms with E-state index in [1.54, 1.807) is 0 Å².